The number of nitrogens with zero attached hydrogens (tertiary/aromatic N) is 3. The second-order valence-corrected chi connectivity index (χ2v) is 7.81. The molecule has 0 aliphatic carbocycles. The number of ketones is 1. The van der Waals surface area contributed by atoms with Crippen molar-refractivity contribution in [3.05, 3.63) is 78.1 Å². The monoisotopic (exact) mass is 421 g/mol. The highest BCUT2D eigenvalue weighted by atomic mass is 32.2. The Bertz CT molecular complexity index is 1050. The van der Waals surface area contributed by atoms with Crippen molar-refractivity contribution < 1.29 is 14.3 Å². The predicted octanol–water partition coefficient (Wildman–Crippen LogP) is 4.51. The van der Waals surface area contributed by atoms with Crippen molar-refractivity contribution in [2.45, 2.75) is 31.1 Å². The summed E-state index contributed by atoms with van der Waals surface area (Å²) in [6, 6.07) is 15.3. The summed E-state index contributed by atoms with van der Waals surface area (Å²) in [5.74, 6) is 2.40. The molecule has 30 heavy (non-hydrogen) atoms. The average molecular weight is 422 g/mol. The van der Waals surface area contributed by atoms with Crippen molar-refractivity contribution in [3.8, 4) is 11.5 Å². The molecule has 0 radical (unpaired) electrons. The molecule has 1 unspecified atom stereocenters. The molecule has 4 rings (SSSR count). The van der Waals surface area contributed by atoms with Gasteiger partial charge in [-0.2, -0.15) is 0 Å². The van der Waals surface area contributed by atoms with Gasteiger partial charge in [0.15, 0.2) is 34.4 Å². The molecule has 1 atom stereocenters. The molecule has 1 aliphatic rings. The summed E-state index contributed by atoms with van der Waals surface area (Å²) in [4.78, 5) is 12.6. The van der Waals surface area contributed by atoms with Gasteiger partial charge in [0.1, 0.15) is 6.61 Å². The highest BCUT2D eigenvalue weighted by molar-refractivity contribution is 7.99. The summed E-state index contributed by atoms with van der Waals surface area (Å²) in [5.41, 5.74) is 1.92. The smallest absolute Gasteiger partial charge is 0.192 e. The fraction of sp³-hybridized carbons (Fsp3) is 0.261. The van der Waals surface area contributed by atoms with E-state index in [0.29, 0.717) is 35.4 Å². The average Bonchev–Trinajstić information content (AvgIpc) is 3.20. The van der Waals surface area contributed by atoms with E-state index in [0.717, 1.165) is 12.2 Å². The van der Waals surface area contributed by atoms with E-state index in [-0.39, 0.29) is 17.6 Å². The van der Waals surface area contributed by atoms with Gasteiger partial charge in [0, 0.05) is 12.1 Å². The van der Waals surface area contributed by atoms with Crippen LogP contribution in [0.5, 0.6) is 11.5 Å². The number of ether oxygens (including phenoxy) is 2. The quantitative estimate of drug-likeness (QED) is 0.303. The van der Waals surface area contributed by atoms with Gasteiger partial charge in [-0.1, -0.05) is 61.2 Å². The lowest BCUT2D eigenvalue weighted by atomic mass is 10.1. The number of aryl methyl sites for hydroxylation is 1. The Morgan fingerprint density at radius 1 is 1.20 bits per heavy atom. The second-order valence-electron chi connectivity index (χ2n) is 6.87. The van der Waals surface area contributed by atoms with Crippen LogP contribution in [0.25, 0.3) is 0 Å². The number of Topliss-reactive ketones (excluding diaryl/α,β-unsaturated/α-hetero) is 1. The number of para-hydroxylation sites is 2. The first kappa shape index (κ1) is 20.2. The molecule has 0 amide bonds. The van der Waals surface area contributed by atoms with Gasteiger partial charge in [0.2, 0.25) is 0 Å². The predicted molar refractivity (Wildman–Crippen MR) is 116 cm³/mol. The summed E-state index contributed by atoms with van der Waals surface area (Å²) >= 11 is 1.37. The molecule has 0 spiro atoms. The number of allylic oxidation sites excluding steroid dienone is 1. The van der Waals surface area contributed by atoms with Gasteiger partial charge in [-0.15, -0.1) is 16.8 Å². The van der Waals surface area contributed by atoms with Gasteiger partial charge in [-0.3, -0.25) is 9.36 Å². The summed E-state index contributed by atoms with van der Waals surface area (Å²) in [6.45, 7) is 6.79. The number of thioether (sulfide) groups is 1. The number of hydrogen-bond donors (Lipinski definition) is 0. The van der Waals surface area contributed by atoms with Crippen LogP contribution in [0.4, 0.5) is 0 Å². The molecule has 3 aromatic rings. The summed E-state index contributed by atoms with van der Waals surface area (Å²) in [7, 11) is 0. The van der Waals surface area contributed by atoms with Crippen molar-refractivity contribution in [1.29, 1.82) is 0 Å². The van der Waals surface area contributed by atoms with Crippen LogP contribution in [0.2, 0.25) is 0 Å². The summed E-state index contributed by atoms with van der Waals surface area (Å²) < 4.78 is 13.8. The van der Waals surface area contributed by atoms with Crippen LogP contribution in [-0.2, 0) is 13.0 Å². The Labute approximate surface area is 179 Å². The SMILES string of the molecule is C=CCn1c(SCC(=O)c2ccc(CC)cc2)nnc1C1COc2ccccc2O1. The van der Waals surface area contributed by atoms with E-state index in [2.05, 4.69) is 23.7 Å². The second kappa shape index (κ2) is 9.17. The van der Waals surface area contributed by atoms with Gasteiger partial charge < -0.3 is 9.47 Å². The zero-order chi connectivity index (χ0) is 20.9. The van der Waals surface area contributed by atoms with E-state index in [1.807, 2.05) is 53.1 Å². The van der Waals surface area contributed by atoms with Crippen LogP contribution in [0, 0.1) is 0 Å². The van der Waals surface area contributed by atoms with Crippen LogP contribution in [0.3, 0.4) is 0 Å². The lowest BCUT2D eigenvalue weighted by Gasteiger charge is -2.26. The summed E-state index contributed by atoms with van der Waals surface area (Å²) in [5, 5.41) is 9.29. The molecule has 154 valence electrons. The first-order chi connectivity index (χ1) is 14.7. The molecule has 6 nitrogen and oxygen atoms in total. The topological polar surface area (TPSA) is 66.2 Å². The number of aromatic nitrogens is 3. The Hall–Kier alpha value is -3.06. The van der Waals surface area contributed by atoms with Crippen LogP contribution in [0.15, 0.2) is 66.3 Å². The zero-order valence-corrected chi connectivity index (χ0v) is 17.6. The van der Waals surface area contributed by atoms with Gasteiger partial charge in [-0.25, -0.2) is 0 Å². The van der Waals surface area contributed by atoms with Crippen molar-refractivity contribution in [2.75, 3.05) is 12.4 Å². The van der Waals surface area contributed by atoms with E-state index < -0.39 is 0 Å². The number of rotatable bonds is 8. The maximum atomic E-state index is 12.6. The van der Waals surface area contributed by atoms with E-state index in [9.17, 15) is 4.79 Å². The maximum absolute atomic E-state index is 12.6. The number of benzene rings is 2. The van der Waals surface area contributed by atoms with Crippen molar-refractivity contribution in [1.82, 2.24) is 14.8 Å². The minimum atomic E-state index is -0.376. The van der Waals surface area contributed by atoms with Crippen LogP contribution in [-0.4, -0.2) is 32.9 Å². The summed E-state index contributed by atoms with van der Waals surface area (Å²) in [6.07, 6.45) is 2.35. The Balaban J connectivity index is 1.48. The molecular weight excluding hydrogens is 398 g/mol. The van der Waals surface area contributed by atoms with Gasteiger partial charge in [-0.05, 0) is 24.1 Å². The molecule has 0 fully saturated rings. The highest BCUT2D eigenvalue weighted by Crippen LogP contribution is 2.36. The third kappa shape index (κ3) is 4.26. The van der Waals surface area contributed by atoms with Crippen molar-refractivity contribution in [2.24, 2.45) is 0 Å². The minimum Gasteiger partial charge on any atom is -0.485 e. The molecule has 0 N–H and O–H groups in total. The van der Waals surface area contributed by atoms with Crippen molar-refractivity contribution >= 4 is 17.5 Å². The fourth-order valence-electron chi connectivity index (χ4n) is 3.23. The van der Waals surface area contributed by atoms with Crippen molar-refractivity contribution in [3.63, 3.8) is 0 Å². The highest BCUT2D eigenvalue weighted by Gasteiger charge is 2.28. The third-order valence-corrected chi connectivity index (χ3v) is 5.84. The van der Waals surface area contributed by atoms with Crippen LogP contribution >= 0.6 is 11.8 Å². The van der Waals surface area contributed by atoms with E-state index in [1.54, 1.807) is 6.08 Å². The van der Waals surface area contributed by atoms with E-state index in [1.165, 1.54) is 17.3 Å². The first-order valence-corrected chi connectivity index (χ1v) is 10.9. The van der Waals surface area contributed by atoms with Gasteiger partial charge in [0.25, 0.3) is 0 Å². The van der Waals surface area contributed by atoms with Gasteiger partial charge in [0.05, 0.1) is 5.75 Å². The Morgan fingerprint density at radius 2 is 1.97 bits per heavy atom. The number of carbonyl (C=O) groups is 1. The molecular formula is C23H23N3O3S. The van der Waals surface area contributed by atoms with Gasteiger partial charge >= 0.3 is 0 Å². The minimum absolute atomic E-state index is 0.0588. The number of carbonyl (C=O) groups excluding carboxylic acids is 1. The molecule has 0 saturated carbocycles. The molecule has 2 heterocycles. The van der Waals surface area contributed by atoms with E-state index in [4.69, 9.17) is 9.47 Å². The van der Waals surface area contributed by atoms with E-state index >= 15 is 0 Å². The lowest BCUT2D eigenvalue weighted by molar-refractivity contribution is 0.0821. The standard InChI is InChI=1S/C23H23N3O3S/c1-3-13-26-22(21-14-28-19-7-5-6-8-20(19)29-21)24-25-23(26)30-15-18(27)17-11-9-16(4-2)10-12-17/h3,5-12,21H,1,4,13-15H2,2H3. The number of fused-ring (bicyclic) bond motifs is 1. The first-order valence-electron chi connectivity index (χ1n) is 9.87. The molecule has 0 saturated heterocycles. The van der Waals surface area contributed by atoms with Crippen LogP contribution in [0.1, 0.15) is 34.8 Å². The molecule has 1 aliphatic heterocycles. The molecule has 1 aromatic heterocycles. The Kier molecular flexibility index (Phi) is 6.18. The zero-order valence-electron chi connectivity index (χ0n) is 16.8. The normalized spacial score (nSPS) is 15.0. The largest absolute Gasteiger partial charge is 0.485 e. The third-order valence-electron chi connectivity index (χ3n) is 4.87. The molecule has 0 bridgehead atoms. The maximum Gasteiger partial charge on any atom is 0.192 e. The fourth-order valence-corrected chi connectivity index (χ4v) is 4.08. The number of hydrogen-bond acceptors (Lipinski definition) is 6. The Morgan fingerprint density at radius 3 is 2.70 bits per heavy atom. The van der Waals surface area contributed by atoms with Crippen LogP contribution < -0.4 is 9.47 Å². The lowest BCUT2D eigenvalue weighted by Crippen LogP contribution is -2.25. The molecule has 2 aromatic carbocycles. The molecule has 7 heteroatoms.